The zero-order chi connectivity index (χ0) is 19.4. The number of aromatic nitrogens is 3. The van der Waals surface area contributed by atoms with Crippen LogP contribution in [0.5, 0.6) is 0 Å². The van der Waals surface area contributed by atoms with E-state index in [2.05, 4.69) is 27.1 Å². The van der Waals surface area contributed by atoms with Crippen molar-refractivity contribution in [2.24, 2.45) is 5.73 Å². The lowest BCUT2D eigenvalue weighted by atomic mass is 9.88. The third-order valence-electron chi connectivity index (χ3n) is 4.30. The first-order valence-electron chi connectivity index (χ1n) is 8.60. The van der Waals surface area contributed by atoms with E-state index in [0.29, 0.717) is 23.8 Å². The number of halogens is 1. The van der Waals surface area contributed by atoms with Gasteiger partial charge in [0, 0.05) is 29.4 Å². The van der Waals surface area contributed by atoms with Crippen LogP contribution < -0.4 is 11.1 Å². The minimum Gasteiger partial charge on any atom is -0.399 e. The highest BCUT2D eigenvalue weighted by atomic mass is 19.1. The van der Waals surface area contributed by atoms with Crippen molar-refractivity contribution in [3.05, 3.63) is 78.4 Å². The molecule has 1 aromatic carbocycles. The van der Waals surface area contributed by atoms with Gasteiger partial charge in [-0.25, -0.2) is 4.39 Å². The first-order chi connectivity index (χ1) is 12.9. The molecule has 3 rings (SSSR count). The average molecular weight is 363 g/mol. The summed E-state index contributed by atoms with van der Waals surface area (Å²) in [5.74, 6) is 0.301. The number of anilines is 1. The standard InChI is InChI=1S/C21H22FN5/c1-14(23)15-6-4-7-16(12-15)18-9-10-19(27-26-18)25-13-21(2,3)20-17(22)8-5-11-24-20/h4-12H,1,13,23H2,2-3H3,(H,25,27). The largest absolute Gasteiger partial charge is 0.399 e. The van der Waals surface area contributed by atoms with Gasteiger partial charge in [0.05, 0.1) is 11.4 Å². The van der Waals surface area contributed by atoms with E-state index in [4.69, 9.17) is 5.73 Å². The van der Waals surface area contributed by atoms with Crippen molar-refractivity contribution in [3.8, 4) is 11.3 Å². The van der Waals surface area contributed by atoms with E-state index >= 15 is 0 Å². The molecule has 0 unspecified atom stereocenters. The first-order valence-corrected chi connectivity index (χ1v) is 8.60. The van der Waals surface area contributed by atoms with E-state index in [1.807, 2.05) is 50.2 Å². The third kappa shape index (κ3) is 4.28. The lowest BCUT2D eigenvalue weighted by Crippen LogP contribution is -2.30. The number of hydrogen-bond acceptors (Lipinski definition) is 5. The molecular formula is C21H22FN5. The van der Waals surface area contributed by atoms with Gasteiger partial charge in [-0.15, -0.1) is 10.2 Å². The number of benzene rings is 1. The van der Waals surface area contributed by atoms with Crippen molar-refractivity contribution in [1.82, 2.24) is 15.2 Å². The Balaban J connectivity index is 1.72. The van der Waals surface area contributed by atoms with Crippen molar-refractivity contribution in [2.45, 2.75) is 19.3 Å². The van der Waals surface area contributed by atoms with Crippen LogP contribution in [0.3, 0.4) is 0 Å². The van der Waals surface area contributed by atoms with Gasteiger partial charge < -0.3 is 11.1 Å². The molecule has 0 atom stereocenters. The van der Waals surface area contributed by atoms with Crippen LogP contribution in [0.15, 0.2) is 61.3 Å². The van der Waals surface area contributed by atoms with E-state index in [1.54, 1.807) is 12.3 Å². The summed E-state index contributed by atoms with van der Waals surface area (Å²) in [6.45, 7) is 8.08. The predicted octanol–water partition coefficient (Wildman–Crippen LogP) is 4.00. The summed E-state index contributed by atoms with van der Waals surface area (Å²) >= 11 is 0. The number of rotatable bonds is 6. The molecule has 0 amide bonds. The zero-order valence-corrected chi connectivity index (χ0v) is 15.4. The van der Waals surface area contributed by atoms with Crippen LogP contribution in [0.4, 0.5) is 10.2 Å². The molecule has 0 spiro atoms. The topological polar surface area (TPSA) is 76.7 Å². The highest BCUT2D eigenvalue weighted by molar-refractivity contribution is 5.68. The highest BCUT2D eigenvalue weighted by Gasteiger charge is 2.25. The molecule has 3 aromatic rings. The zero-order valence-electron chi connectivity index (χ0n) is 15.4. The molecule has 0 aliphatic carbocycles. The normalized spacial score (nSPS) is 11.2. The van der Waals surface area contributed by atoms with E-state index in [0.717, 1.165) is 16.8 Å². The Morgan fingerprint density at radius 2 is 1.96 bits per heavy atom. The van der Waals surface area contributed by atoms with Gasteiger partial charge in [0.1, 0.15) is 11.6 Å². The monoisotopic (exact) mass is 363 g/mol. The molecular weight excluding hydrogens is 341 g/mol. The number of nitrogens with two attached hydrogens (primary N) is 1. The van der Waals surface area contributed by atoms with E-state index in [1.165, 1.54) is 6.07 Å². The Labute approximate surface area is 158 Å². The molecule has 0 fully saturated rings. The van der Waals surface area contributed by atoms with Crippen molar-refractivity contribution in [1.29, 1.82) is 0 Å². The van der Waals surface area contributed by atoms with Gasteiger partial charge in [-0.2, -0.15) is 0 Å². The molecule has 2 aromatic heterocycles. The van der Waals surface area contributed by atoms with Gasteiger partial charge in [0.15, 0.2) is 0 Å². The molecule has 0 saturated heterocycles. The van der Waals surface area contributed by atoms with Crippen LogP contribution in [0.1, 0.15) is 25.1 Å². The Morgan fingerprint density at radius 3 is 2.63 bits per heavy atom. The fourth-order valence-electron chi connectivity index (χ4n) is 2.74. The number of pyridine rings is 1. The Kier molecular flexibility index (Phi) is 5.16. The minimum absolute atomic E-state index is 0.313. The predicted molar refractivity (Wildman–Crippen MR) is 106 cm³/mol. The molecule has 0 bridgehead atoms. The maximum Gasteiger partial charge on any atom is 0.148 e. The van der Waals surface area contributed by atoms with Crippen molar-refractivity contribution in [2.75, 3.05) is 11.9 Å². The lowest BCUT2D eigenvalue weighted by molar-refractivity contribution is 0.485. The van der Waals surface area contributed by atoms with Crippen molar-refractivity contribution >= 4 is 11.5 Å². The van der Waals surface area contributed by atoms with Crippen LogP contribution >= 0.6 is 0 Å². The van der Waals surface area contributed by atoms with Gasteiger partial charge >= 0.3 is 0 Å². The van der Waals surface area contributed by atoms with Gasteiger partial charge in [-0.05, 0) is 35.9 Å². The summed E-state index contributed by atoms with van der Waals surface area (Å²) in [7, 11) is 0. The summed E-state index contributed by atoms with van der Waals surface area (Å²) in [5, 5.41) is 11.7. The second-order valence-corrected chi connectivity index (χ2v) is 6.98. The maximum absolute atomic E-state index is 14.0. The fraction of sp³-hybridized carbons (Fsp3) is 0.190. The van der Waals surface area contributed by atoms with Crippen LogP contribution in [0, 0.1) is 5.82 Å². The van der Waals surface area contributed by atoms with Crippen LogP contribution in [-0.2, 0) is 5.41 Å². The number of hydrogen-bond donors (Lipinski definition) is 2. The second-order valence-electron chi connectivity index (χ2n) is 6.98. The van der Waals surface area contributed by atoms with E-state index in [9.17, 15) is 4.39 Å². The summed E-state index contributed by atoms with van der Waals surface area (Å²) in [5.41, 5.74) is 8.68. The molecule has 2 heterocycles. The van der Waals surface area contributed by atoms with E-state index in [-0.39, 0.29) is 5.82 Å². The average Bonchev–Trinajstić information content (AvgIpc) is 2.67. The van der Waals surface area contributed by atoms with Gasteiger partial charge in [-0.3, -0.25) is 4.98 Å². The molecule has 0 aliphatic rings. The van der Waals surface area contributed by atoms with Crippen LogP contribution in [0.25, 0.3) is 17.0 Å². The highest BCUT2D eigenvalue weighted by Crippen LogP contribution is 2.24. The lowest BCUT2D eigenvalue weighted by Gasteiger charge is -2.24. The maximum atomic E-state index is 14.0. The molecule has 5 nitrogen and oxygen atoms in total. The summed E-state index contributed by atoms with van der Waals surface area (Å²) in [6, 6.07) is 14.4. The minimum atomic E-state index is -0.498. The van der Waals surface area contributed by atoms with Gasteiger partial charge in [-0.1, -0.05) is 38.6 Å². The summed E-state index contributed by atoms with van der Waals surface area (Å²) < 4.78 is 14.0. The van der Waals surface area contributed by atoms with Crippen LogP contribution in [-0.4, -0.2) is 21.7 Å². The molecule has 27 heavy (non-hydrogen) atoms. The van der Waals surface area contributed by atoms with E-state index < -0.39 is 5.41 Å². The van der Waals surface area contributed by atoms with Gasteiger partial charge in [0.2, 0.25) is 0 Å². The molecule has 138 valence electrons. The molecule has 3 N–H and O–H groups in total. The Hall–Kier alpha value is -3.28. The molecule has 0 saturated carbocycles. The number of nitrogens with zero attached hydrogens (tertiary/aromatic N) is 3. The Morgan fingerprint density at radius 1 is 1.15 bits per heavy atom. The van der Waals surface area contributed by atoms with Crippen molar-refractivity contribution < 1.29 is 4.39 Å². The quantitative estimate of drug-likeness (QED) is 0.692. The summed E-state index contributed by atoms with van der Waals surface area (Å²) in [6.07, 6.45) is 1.60. The molecule has 0 aliphatic heterocycles. The summed E-state index contributed by atoms with van der Waals surface area (Å²) in [4.78, 5) is 4.17. The second kappa shape index (κ2) is 7.53. The van der Waals surface area contributed by atoms with Crippen LogP contribution in [0.2, 0.25) is 0 Å². The van der Waals surface area contributed by atoms with Crippen molar-refractivity contribution in [3.63, 3.8) is 0 Å². The smallest absolute Gasteiger partial charge is 0.148 e. The number of nitrogens with one attached hydrogen (secondary N) is 1. The van der Waals surface area contributed by atoms with Gasteiger partial charge in [0.25, 0.3) is 0 Å². The molecule has 0 radical (unpaired) electrons. The SMILES string of the molecule is C=C(N)c1cccc(-c2ccc(NCC(C)(C)c3ncccc3F)nn2)c1. The Bertz CT molecular complexity index is 951. The first kappa shape index (κ1) is 18.5. The fourth-order valence-corrected chi connectivity index (χ4v) is 2.74. The molecule has 6 heteroatoms. The third-order valence-corrected chi connectivity index (χ3v) is 4.30.